The third-order valence-corrected chi connectivity index (χ3v) is 10.7. The van der Waals surface area contributed by atoms with Gasteiger partial charge in [-0.05, 0) is 50.2 Å². The number of nitrogen functional groups attached to an aromatic ring is 2. The van der Waals surface area contributed by atoms with Crippen LogP contribution < -0.4 is 11.5 Å². The summed E-state index contributed by atoms with van der Waals surface area (Å²) in [5, 5.41) is 82.6. The maximum atomic E-state index is 12.8. The lowest BCUT2D eigenvalue weighted by atomic mass is 10.1. The van der Waals surface area contributed by atoms with Crippen LogP contribution in [0.4, 0.5) is 34.6 Å². The molecule has 0 aliphatic carbocycles. The van der Waals surface area contributed by atoms with Gasteiger partial charge in [0.1, 0.15) is 9.79 Å². The average Bonchev–Trinajstić information content (AvgIpc) is 4.03. The maximum absolute atomic E-state index is 12.8. The van der Waals surface area contributed by atoms with Gasteiger partial charge in [0.15, 0.2) is 44.5 Å². The summed E-state index contributed by atoms with van der Waals surface area (Å²) < 4.78 is 34.3. The lowest BCUT2D eigenvalue weighted by Gasteiger charge is -2.08. The summed E-state index contributed by atoms with van der Waals surface area (Å²) in [7, 11) is -2.85. The first-order chi connectivity index (χ1) is 31.7. The second kappa shape index (κ2) is 17.9. The predicted octanol–water partition coefficient (Wildman–Crippen LogP) is 3.71. The zero-order chi connectivity index (χ0) is 48.6. The molecule has 0 amide bonds. The summed E-state index contributed by atoms with van der Waals surface area (Å²) in [5.41, 5.74) is 11.0. The molecule has 0 aliphatic heterocycles. The fourth-order valence-corrected chi connectivity index (χ4v) is 7.05. The van der Waals surface area contributed by atoms with Crippen LogP contribution >= 0.6 is 12.0 Å². The second-order valence-corrected chi connectivity index (χ2v) is 16.2. The molecule has 5 aromatic heterocycles. The van der Waals surface area contributed by atoms with Gasteiger partial charge in [0.25, 0.3) is 11.9 Å². The number of carboxylic acids is 4. The molecule has 7 aromatic rings. The van der Waals surface area contributed by atoms with Gasteiger partial charge in [-0.2, -0.15) is 49.0 Å². The van der Waals surface area contributed by atoms with Crippen molar-refractivity contribution in [1.29, 1.82) is 0 Å². The number of nitrogens with two attached hydrogens (primary N) is 2. The molecule has 344 valence electrons. The largest absolute Gasteiger partial charge is 0.479 e. The number of hydrogen-bond donors (Lipinski definition) is 7. The SMILES string of the molecule is COOSc1cnn(-c2cc(C(=O)O)cc(C(=O)O)c2)c1N=Nc1c(C)nn(-c2nc(O)nc(-n3nc(C)c(N=Nc4c(S(C)(=O)=O)cnn4-c4cc(C(=O)O)cc(C(=O)O)c4)c3N)n2)c1N. The van der Waals surface area contributed by atoms with Crippen molar-refractivity contribution < 1.29 is 62.3 Å². The molecule has 0 spiro atoms. The quantitative estimate of drug-likeness (QED) is 0.0314. The van der Waals surface area contributed by atoms with Crippen LogP contribution in [0.1, 0.15) is 52.8 Å². The number of nitrogens with zero attached hydrogens (tertiary/aromatic N) is 15. The molecule has 30 nitrogen and oxygen atoms in total. The van der Waals surface area contributed by atoms with E-state index in [4.69, 9.17) is 15.8 Å². The molecule has 0 atom stereocenters. The Labute approximate surface area is 376 Å². The fraction of sp³-hybridized carbons (Fsp3) is 0.114. The van der Waals surface area contributed by atoms with Gasteiger partial charge in [0.2, 0.25) is 0 Å². The summed E-state index contributed by atoms with van der Waals surface area (Å²) >= 11 is 0.646. The number of carboxylic acid groups (broad SMARTS) is 4. The summed E-state index contributed by atoms with van der Waals surface area (Å²) in [4.78, 5) is 63.7. The Bertz CT molecular complexity index is 3310. The third-order valence-electron chi connectivity index (χ3n) is 8.92. The first kappa shape index (κ1) is 46.0. The van der Waals surface area contributed by atoms with Crippen LogP contribution in [0.2, 0.25) is 0 Å². The topological polar surface area (TPSA) is 433 Å². The van der Waals surface area contributed by atoms with E-state index in [1.54, 1.807) is 0 Å². The van der Waals surface area contributed by atoms with E-state index in [9.17, 15) is 53.1 Å². The molecule has 0 unspecified atom stereocenters. The number of sulfone groups is 1. The molecule has 32 heteroatoms. The van der Waals surface area contributed by atoms with Crippen LogP contribution in [0.25, 0.3) is 23.3 Å². The van der Waals surface area contributed by atoms with Gasteiger partial charge in [-0.15, -0.1) is 20.5 Å². The molecular formula is C35H29N17O13S2. The number of benzene rings is 2. The number of azo groups is 2. The minimum absolute atomic E-state index is 0.0218. The number of hydrogen-bond acceptors (Lipinski definition) is 23. The van der Waals surface area contributed by atoms with E-state index in [1.165, 1.54) is 27.2 Å². The number of aryl methyl sites for hydroxylation is 2. The minimum Gasteiger partial charge on any atom is -0.479 e. The zero-order valence-corrected chi connectivity index (χ0v) is 35.9. The summed E-state index contributed by atoms with van der Waals surface area (Å²) in [6, 6.07) is 5.40. The predicted molar refractivity (Wildman–Crippen MR) is 224 cm³/mol. The van der Waals surface area contributed by atoms with Crippen molar-refractivity contribution in [1.82, 2.24) is 54.1 Å². The number of aromatic nitrogens is 11. The molecule has 0 radical (unpaired) electrons. The lowest BCUT2D eigenvalue weighted by molar-refractivity contribution is -0.160. The maximum Gasteiger partial charge on any atom is 0.335 e. The molecule has 0 bridgehead atoms. The summed E-state index contributed by atoms with van der Waals surface area (Å²) in [6.45, 7) is 2.92. The van der Waals surface area contributed by atoms with Crippen molar-refractivity contribution in [3.05, 3.63) is 82.4 Å². The van der Waals surface area contributed by atoms with Gasteiger partial charge >= 0.3 is 29.9 Å². The van der Waals surface area contributed by atoms with Crippen molar-refractivity contribution in [2.24, 2.45) is 20.5 Å². The Balaban J connectivity index is 1.26. The van der Waals surface area contributed by atoms with Gasteiger partial charge in [-0.25, -0.2) is 41.8 Å². The normalized spacial score (nSPS) is 11.8. The number of anilines is 2. The summed E-state index contributed by atoms with van der Waals surface area (Å²) in [6.07, 6.45) is 3.02. The second-order valence-electron chi connectivity index (χ2n) is 13.4. The van der Waals surface area contributed by atoms with E-state index in [1.807, 2.05) is 0 Å². The van der Waals surface area contributed by atoms with Crippen LogP contribution in [0.5, 0.6) is 6.01 Å². The zero-order valence-electron chi connectivity index (χ0n) is 34.3. The molecule has 0 saturated heterocycles. The minimum atomic E-state index is -4.08. The molecule has 67 heavy (non-hydrogen) atoms. The molecule has 5 heterocycles. The van der Waals surface area contributed by atoms with Gasteiger partial charge < -0.3 is 37.0 Å². The van der Waals surface area contributed by atoms with E-state index < -0.39 is 73.5 Å². The fourth-order valence-electron chi connectivity index (χ4n) is 5.92. The number of rotatable bonds is 16. The van der Waals surface area contributed by atoms with Crippen molar-refractivity contribution in [2.75, 3.05) is 24.8 Å². The Morgan fingerprint density at radius 2 is 1.06 bits per heavy atom. The summed E-state index contributed by atoms with van der Waals surface area (Å²) in [5.74, 6) is -7.70. The van der Waals surface area contributed by atoms with Crippen LogP contribution in [0, 0.1) is 13.8 Å². The van der Waals surface area contributed by atoms with Crippen molar-refractivity contribution in [2.45, 2.75) is 23.6 Å². The van der Waals surface area contributed by atoms with Gasteiger partial charge in [-0.3, -0.25) is 0 Å². The number of aromatic carboxylic acids is 4. The van der Waals surface area contributed by atoms with Gasteiger partial charge in [-0.1, -0.05) is 0 Å². The molecule has 2 aromatic carbocycles. The first-order valence-corrected chi connectivity index (χ1v) is 20.8. The van der Waals surface area contributed by atoms with Crippen molar-refractivity contribution >= 4 is 80.4 Å². The highest BCUT2D eigenvalue weighted by molar-refractivity contribution is 7.94. The van der Waals surface area contributed by atoms with E-state index >= 15 is 0 Å². The third kappa shape index (κ3) is 9.18. The van der Waals surface area contributed by atoms with E-state index in [2.05, 4.69) is 60.7 Å². The van der Waals surface area contributed by atoms with Crippen LogP contribution in [0.3, 0.4) is 0 Å². The smallest absolute Gasteiger partial charge is 0.335 e. The Kier molecular flexibility index (Phi) is 12.3. The van der Waals surface area contributed by atoms with E-state index in [0.717, 1.165) is 67.6 Å². The van der Waals surface area contributed by atoms with Gasteiger partial charge in [0.05, 0.1) is 76.6 Å². The van der Waals surface area contributed by atoms with Gasteiger partial charge in [0, 0.05) is 6.26 Å². The number of carbonyl (C=O) groups is 4. The Morgan fingerprint density at radius 3 is 1.48 bits per heavy atom. The van der Waals surface area contributed by atoms with E-state index in [-0.39, 0.29) is 67.6 Å². The average molecular weight is 960 g/mol. The lowest BCUT2D eigenvalue weighted by Crippen LogP contribution is -2.13. The highest BCUT2D eigenvalue weighted by atomic mass is 32.2. The Morgan fingerprint density at radius 1 is 0.642 bits per heavy atom. The first-order valence-electron chi connectivity index (χ1n) is 18.1. The monoisotopic (exact) mass is 959 g/mol. The molecular weight excluding hydrogens is 931 g/mol. The highest BCUT2D eigenvalue weighted by Gasteiger charge is 2.26. The van der Waals surface area contributed by atoms with Crippen molar-refractivity contribution in [3.63, 3.8) is 0 Å². The molecule has 0 saturated carbocycles. The molecule has 7 rings (SSSR count). The Hall–Kier alpha value is -9.01. The molecule has 9 N–H and O–H groups in total. The van der Waals surface area contributed by atoms with Crippen LogP contribution in [0.15, 0.2) is 79.0 Å². The molecule has 0 aliphatic rings. The standard InChI is InChI=1S/C35H29N17O13S2/c1-13-23(43-45-27-21(66-65-64-3)11-38-49(27)19-7-15(29(53)54)5-16(8-19)30(55)56)25(36)51(47-13)33-40-34(42-35(61)41-33)52-26(37)24(14(2)48-52)44-46-28-22(67(4,62)63)12-39-50(28)20-9-17(31(57)58)6-18(10-20)32(59)60/h5-12H,36-37H2,1-4H3,(H,53,54)(H,55,56)(H,57,58)(H,59,60)(H,40,41,42,61). The number of aromatic hydroxyl groups is 1. The van der Waals surface area contributed by atoms with Crippen LogP contribution in [-0.2, 0) is 19.1 Å². The highest BCUT2D eigenvalue weighted by Crippen LogP contribution is 2.37. The van der Waals surface area contributed by atoms with Crippen LogP contribution in [-0.4, -0.2) is 125 Å². The van der Waals surface area contributed by atoms with E-state index in [0.29, 0.717) is 12.0 Å². The van der Waals surface area contributed by atoms with Crippen molar-refractivity contribution in [3.8, 4) is 29.3 Å². The molecule has 0 fully saturated rings.